The van der Waals surface area contributed by atoms with Crippen LogP contribution >= 0.6 is 0 Å². The molecule has 0 bridgehead atoms. The van der Waals surface area contributed by atoms with E-state index in [0.717, 1.165) is 18.2 Å². The summed E-state index contributed by atoms with van der Waals surface area (Å²) in [6.07, 6.45) is 4.80. The minimum absolute atomic E-state index is 0.677. The lowest BCUT2D eigenvalue weighted by molar-refractivity contribution is 0.414. The van der Waals surface area contributed by atoms with Crippen LogP contribution in [0, 0.1) is 5.92 Å². The zero-order valence-electron chi connectivity index (χ0n) is 14.1. The molecule has 23 heavy (non-hydrogen) atoms. The largest absolute Gasteiger partial charge is 0.497 e. The van der Waals surface area contributed by atoms with E-state index in [4.69, 9.17) is 4.74 Å². The van der Waals surface area contributed by atoms with Gasteiger partial charge in [0.25, 0.3) is 0 Å². The molecule has 2 heteroatoms. The number of hydrogen-bond acceptors (Lipinski definition) is 2. The Labute approximate surface area is 138 Å². The van der Waals surface area contributed by atoms with Crippen molar-refractivity contribution in [1.29, 1.82) is 0 Å². The first-order valence-corrected chi connectivity index (χ1v) is 8.75. The van der Waals surface area contributed by atoms with E-state index < -0.39 is 0 Å². The molecule has 2 aromatic carbocycles. The Bertz CT molecular complexity index is 722. The van der Waals surface area contributed by atoms with Gasteiger partial charge in [-0.05, 0) is 78.0 Å². The van der Waals surface area contributed by atoms with E-state index in [2.05, 4.69) is 48.6 Å². The van der Waals surface area contributed by atoms with E-state index in [0.29, 0.717) is 5.92 Å². The summed E-state index contributed by atoms with van der Waals surface area (Å²) >= 11 is 0. The highest BCUT2D eigenvalue weighted by molar-refractivity contribution is 5.56. The molecule has 1 aliphatic heterocycles. The Morgan fingerprint density at radius 3 is 2.83 bits per heavy atom. The van der Waals surface area contributed by atoms with Gasteiger partial charge in [0, 0.05) is 12.2 Å². The van der Waals surface area contributed by atoms with Crippen molar-refractivity contribution in [2.24, 2.45) is 5.92 Å². The predicted octanol–water partition coefficient (Wildman–Crippen LogP) is 4.57. The van der Waals surface area contributed by atoms with Gasteiger partial charge >= 0.3 is 0 Å². The first-order valence-electron chi connectivity index (χ1n) is 8.75. The number of ether oxygens (including phenoxy) is 1. The number of anilines is 1. The molecule has 0 spiro atoms. The minimum atomic E-state index is 0.677. The molecule has 1 heterocycles. The molecule has 0 aromatic heterocycles. The van der Waals surface area contributed by atoms with Crippen molar-refractivity contribution < 1.29 is 4.74 Å². The third kappa shape index (κ3) is 2.83. The topological polar surface area (TPSA) is 21.3 Å². The molecular weight excluding hydrogens is 282 g/mol. The van der Waals surface area contributed by atoms with Gasteiger partial charge in [-0.2, -0.15) is 0 Å². The molecule has 2 aliphatic rings. The monoisotopic (exact) mass is 307 g/mol. The van der Waals surface area contributed by atoms with Crippen LogP contribution in [0.2, 0.25) is 0 Å². The van der Waals surface area contributed by atoms with E-state index in [9.17, 15) is 0 Å². The van der Waals surface area contributed by atoms with Gasteiger partial charge in [0.2, 0.25) is 0 Å². The first-order chi connectivity index (χ1) is 11.2. The summed E-state index contributed by atoms with van der Waals surface area (Å²) in [4.78, 5) is 0. The van der Waals surface area contributed by atoms with Gasteiger partial charge in [-0.25, -0.2) is 0 Å². The molecular formula is C21H25NO. The fraction of sp³-hybridized carbons (Fsp3) is 0.429. The van der Waals surface area contributed by atoms with Crippen LogP contribution in [0.3, 0.4) is 0 Å². The van der Waals surface area contributed by atoms with Crippen molar-refractivity contribution in [3.8, 4) is 5.75 Å². The minimum Gasteiger partial charge on any atom is -0.497 e. The summed E-state index contributed by atoms with van der Waals surface area (Å²) in [7, 11) is 1.75. The quantitative estimate of drug-likeness (QED) is 0.896. The zero-order valence-corrected chi connectivity index (χ0v) is 14.1. The maximum absolute atomic E-state index is 5.36. The Balaban J connectivity index is 1.50. The number of methoxy groups -OCH3 is 1. The number of nitrogens with one attached hydrogen (secondary N) is 1. The van der Waals surface area contributed by atoms with Crippen molar-refractivity contribution in [2.45, 2.75) is 38.5 Å². The van der Waals surface area contributed by atoms with Gasteiger partial charge in [0.05, 0.1) is 7.11 Å². The number of benzene rings is 2. The fourth-order valence-corrected chi connectivity index (χ4v) is 4.18. The molecule has 0 amide bonds. The molecule has 0 fully saturated rings. The lowest BCUT2D eigenvalue weighted by Gasteiger charge is -2.25. The van der Waals surface area contributed by atoms with Gasteiger partial charge in [-0.15, -0.1) is 0 Å². The molecule has 2 nitrogen and oxygen atoms in total. The number of fused-ring (bicyclic) bond motifs is 2. The van der Waals surface area contributed by atoms with Crippen LogP contribution in [0.5, 0.6) is 5.75 Å². The highest BCUT2D eigenvalue weighted by Gasteiger charge is 2.23. The SMILES string of the molecule is COc1ccc2c(c1)CC(Cc1ccc3c(c1)C(C)CCN3)C2. The number of rotatable bonds is 3. The summed E-state index contributed by atoms with van der Waals surface area (Å²) in [6, 6.07) is 13.6. The third-order valence-electron chi connectivity index (χ3n) is 5.49. The Kier molecular flexibility index (Phi) is 3.76. The molecule has 0 saturated heterocycles. The molecule has 1 N–H and O–H groups in total. The van der Waals surface area contributed by atoms with Crippen LogP contribution in [-0.2, 0) is 19.3 Å². The van der Waals surface area contributed by atoms with E-state index in [1.165, 1.54) is 53.6 Å². The highest BCUT2D eigenvalue weighted by atomic mass is 16.5. The summed E-state index contributed by atoms with van der Waals surface area (Å²) in [5.74, 6) is 2.39. The second-order valence-electron chi connectivity index (χ2n) is 7.15. The van der Waals surface area contributed by atoms with Gasteiger partial charge in [-0.1, -0.05) is 25.1 Å². The van der Waals surface area contributed by atoms with Crippen molar-refractivity contribution >= 4 is 5.69 Å². The molecule has 120 valence electrons. The Morgan fingerprint density at radius 2 is 1.96 bits per heavy atom. The molecule has 4 rings (SSSR count). The Hall–Kier alpha value is -1.96. The molecule has 2 unspecified atom stereocenters. The zero-order chi connectivity index (χ0) is 15.8. The van der Waals surface area contributed by atoms with Crippen molar-refractivity contribution in [1.82, 2.24) is 0 Å². The Morgan fingerprint density at radius 1 is 1.09 bits per heavy atom. The van der Waals surface area contributed by atoms with Crippen LogP contribution in [0.25, 0.3) is 0 Å². The van der Waals surface area contributed by atoms with Crippen LogP contribution in [0.1, 0.15) is 41.5 Å². The molecule has 1 aliphatic carbocycles. The maximum Gasteiger partial charge on any atom is 0.119 e. The summed E-state index contributed by atoms with van der Waals surface area (Å²) in [6.45, 7) is 3.45. The van der Waals surface area contributed by atoms with Gasteiger partial charge in [0.1, 0.15) is 5.75 Å². The van der Waals surface area contributed by atoms with Crippen LogP contribution in [0.4, 0.5) is 5.69 Å². The average Bonchev–Trinajstić information content (AvgIpc) is 2.96. The highest BCUT2D eigenvalue weighted by Crippen LogP contribution is 2.35. The molecule has 2 aromatic rings. The lowest BCUT2D eigenvalue weighted by Crippen LogP contribution is -2.15. The van der Waals surface area contributed by atoms with Crippen LogP contribution in [-0.4, -0.2) is 13.7 Å². The second kappa shape index (κ2) is 5.92. The summed E-state index contributed by atoms with van der Waals surface area (Å²) < 4.78 is 5.36. The van der Waals surface area contributed by atoms with E-state index in [1.807, 2.05) is 0 Å². The summed E-state index contributed by atoms with van der Waals surface area (Å²) in [5.41, 5.74) is 7.31. The van der Waals surface area contributed by atoms with Gasteiger partial charge in [0.15, 0.2) is 0 Å². The van der Waals surface area contributed by atoms with E-state index >= 15 is 0 Å². The maximum atomic E-state index is 5.36. The third-order valence-corrected chi connectivity index (χ3v) is 5.49. The van der Waals surface area contributed by atoms with Crippen molar-refractivity contribution in [3.63, 3.8) is 0 Å². The van der Waals surface area contributed by atoms with Crippen molar-refractivity contribution in [3.05, 3.63) is 58.7 Å². The van der Waals surface area contributed by atoms with Crippen LogP contribution in [0.15, 0.2) is 36.4 Å². The van der Waals surface area contributed by atoms with Gasteiger partial charge < -0.3 is 10.1 Å². The summed E-state index contributed by atoms with van der Waals surface area (Å²) in [5, 5.41) is 3.53. The number of hydrogen-bond donors (Lipinski definition) is 1. The second-order valence-corrected chi connectivity index (χ2v) is 7.15. The van der Waals surface area contributed by atoms with E-state index in [-0.39, 0.29) is 0 Å². The average molecular weight is 307 g/mol. The normalized spacial score (nSPS) is 22.2. The first kappa shape index (κ1) is 14.6. The van der Waals surface area contributed by atoms with Crippen LogP contribution < -0.4 is 10.1 Å². The van der Waals surface area contributed by atoms with E-state index in [1.54, 1.807) is 7.11 Å². The molecule has 2 atom stereocenters. The fourth-order valence-electron chi connectivity index (χ4n) is 4.18. The lowest BCUT2D eigenvalue weighted by atomic mass is 9.88. The molecule has 0 saturated carbocycles. The van der Waals surface area contributed by atoms with Gasteiger partial charge in [-0.3, -0.25) is 0 Å². The molecule has 0 radical (unpaired) electrons. The predicted molar refractivity (Wildman–Crippen MR) is 95.6 cm³/mol. The standard InChI is InChI=1S/C21H25NO/c1-14-7-8-22-21-6-3-15(12-20(14)21)9-16-10-17-4-5-19(23-2)13-18(17)11-16/h3-6,12-14,16,22H,7-11H2,1-2H3. The smallest absolute Gasteiger partial charge is 0.119 e. The van der Waals surface area contributed by atoms with Crippen molar-refractivity contribution in [2.75, 3.05) is 19.0 Å².